The summed E-state index contributed by atoms with van der Waals surface area (Å²) in [5.41, 5.74) is 0. The van der Waals surface area contributed by atoms with Crippen LogP contribution in [0.2, 0.25) is 0 Å². The number of nitrogens with one attached hydrogen (secondary N) is 1. The highest BCUT2D eigenvalue weighted by atomic mass is 16.8. The van der Waals surface area contributed by atoms with Gasteiger partial charge in [0, 0.05) is 6.42 Å². The van der Waals surface area contributed by atoms with Gasteiger partial charge in [0.05, 0.1) is 38.6 Å². The van der Waals surface area contributed by atoms with Gasteiger partial charge in [-0.25, -0.2) is 0 Å². The molecule has 3 aliphatic heterocycles. The maximum atomic E-state index is 13.4. The second-order valence-corrected chi connectivity index (χ2v) is 27.4. The van der Waals surface area contributed by atoms with Crippen molar-refractivity contribution >= 4 is 5.91 Å². The van der Waals surface area contributed by atoms with Crippen LogP contribution in [0.5, 0.6) is 0 Å². The number of ether oxygens (including phenoxy) is 6. The Morgan fingerprint density at radius 3 is 1.12 bits per heavy atom. The lowest BCUT2D eigenvalue weighted by Gasteiger charge is -2.48. The van der Waals surface area contributed by atoms with Gasteiger partial charge in [0.25, 0.3) is 0 Å². The van der Waals surface area contributed by atoms with E-state index in [2.05, 4.69) is 116 Å². The average molecular weight is 1410 g/mol. The molecule has 576 valence electrons. The van der Waals surface area contributed by atoms with Crippen LogP contribution in [0.4, 0.5) is 0 Å². The van der Waals surface area contributed by atoms with E-state index in [1.54, 1.807) is 6.08 Å². The maximum Gasteiger partial charge on any atom is 0.220 e. The van der Waals surface area contributed by atoms with Crippen LogP contribution < -0.4 is 5.32 Å². The molecule has 19 nitrogen and oxygen atoms in total. The molecular formula is C81H139NO18. The summed E-state index contributed by atoms with van der Waals surface area (Å²) in [5.74, 6) is -0.286. The van der Waals surface area contributed by atoms with Crippen LogP contribution in [0.1, 0.15) is 264 Å². The number of hydrogen-bond donors (Lipinski definition) is 12. The number of aliphatic hydroxyl groups excluding tert-OH is 11. The normalized spacial score (nSPS) is 27.1. The van der Waals surface area contributed by atoms with E-state index >= 15 is 0 Å². The smallest absolute Gasteiger partial charge is 0.220 e. The monoisotopic (exact) mass is 1410 g/mol. The van der Waals surface area contributed by atoms with Crippen LogP contribution >= 0.6 is 0 Å². The summed E-state index contributed by atoms with van der Waals surface area (Å²) in [6.45, 7) is 1.59. The van der Waals surface area contributed by atoms with Gasteiger partial charge >= 0.3 is 0 Å². The van der Waals surface area contributed by atoms with Gasteiger partial charge in [-0.2, -0.15) is 0 Å². The van der Waals surface area contributed by atoms with E-state index in [4.69, 9.17) is 28.4 Å². The first-order valence-electron chi connectivity index (χ1n) is 39.1. The number of allylic oxidation sites excluding steroid dienone is 17. The largest absolute Gasteiger partial charge is 0.394 e. The molecule has 12 N–H and O–H groups in total. The van der Waals surface area contributed by atoms with Crippen molar-refractivity contribution in [2.45, 2.75) is 369 Å². The number of carbonyl (C=O) groups excluding carboxylic acids is 1. The van der Waals surface area contributed by atoms with Gasteiger partial charge < -0.3 is 89.9 Å². The molecule has 3 heterocycles. The molecule has 17 unspecified atom stereocenters. The molecule has 100 heavy (non-hydrogen) atoms. The van der Waals surface area contributed by atoms with E-state index in [0.717, 1.165) is 83.5 Å². The molecule has 3 saturated heterocycles. The average Bonchev–Trinajstić information content (AvgIpc) is 0.783. The molecule has 0 aromatic heterocycles. The van der Waals surface area contributed by atoms with Crippen molar-refractivity contribution in [2.75, 3.05) is 26.4 Å². The Hall–Kier alpha value is -3.55. The molecule has 0 bridgehead atoms. The summed E-state index contributed by atoms with van der Waals surface area (Å²) in [5, 5.41) is 121. The molecule has 0 spiro atoms. The van der Waals surface area contributed by atoms with Crippen molar-refractivity contribution in [1.29, 1.82) is 0 Å². The fourth-order valence-electron chi connectivity index (χ4n) is 12.5. The number of hydrogen-bond acceptors (Lipinski definition) is 18. The van der Waals surface area contributed by atoms with Crippen molar-refractivity contribution in [3.63, 3.8) is 0 Å². The first-order chi connectivity index (χ1) is 48.8. The molecule has 3 fully saturated rings. The minimum atomic E-state index is -1.98. The molecule has 1 amide bonds. The summed E-state index contributed by atoms with van der Waals surface area (Å²) in [7, 11) is 0. The number of carbonyl (C=O) groups is 1. The third-order valence-corrected chi connectivity index (χ3v) is 18.8. The zero-order chi connectivity index (χ0) is 72.5. The second kappa shape index (κ2) is 60.7. The lowest BCUT2D eigenvalue weighted by molar-refractivity contribution is -0.379. The Morgan fingerprint density at radius 1 is 0.370 bits per heavy atom. The van der Waals surface area contributed by atoms with Crippen molar-refractivity contribution in [3.05, 3.63) is 109 Å². The highest BCUT2D eigenvalue weighted by molar-refractivity contribution is 5.76. The third-order valence-electron chi connectivity index (χ3n) is 18.8. The van der Waals surface area contributed by atoms with Crippen LogP contribution in [0, 0.1) is 0 Å². The van der Waals surface area contributed by atoms with Gasteiger partial charge in [0.2, 0.25) is 5.91 Å². The second-order valence-electron chi connectivity index (χ2n) is 27.4. The Kier molecular flexibility index (Phi) is 55.0. The summed E-state index contributed by atoms with van der Waals surface area (Å²) < 4.78 is 34.3. The van der Waals surface area contributed by atoms with Gasteiger partial charge in [-0.05, 0) is 89.9 Å². The minimum absolute atomic E-state index is 0.233. The third kappa shape index (κ3) is 40.6. The fourth-order valence-corrected chi connectivity index (χ4v) is 12.5. The van der Waals surface area contributed by atoms with Crippen molar-refractivity contribution in [1.82, 2.24) is 5.32 Å². The molecule has 0 radical (unpaired) electrons. The molecule has 19 heteroatoms. The predicted molar refractivity (Wildman–Crippen MR) is 397 cm³/mol. The number of unbranched alkanes of at least 4 members (excludes halogenated alkanes) is 28. The molecule has 3 rings (SSSR count). The summed E-state index contributed by atoms with van der Waals surface area (Å²) in [6.07, 6.45) is 56.7. The zero-order valence-electron chi connectivity index (χ0n) is 61.4. The topological polar surface area (TPSA) is 307 Å². The fraction of sp³-hybridized carbons (Fsp3) is 0.765. The Morgan fingerprint density at radius 2 is 0.700 bits per heavy atom. The van der Waals surface area contributed by atoms with Crippen LogP contribution in [0.15, 0.2) is 109 Å². The van der Waals surface area contributed by atoms with Crippen LogP contribution in [-0.2, 0) is 33.2 Å². The van der Waals surface area contributed by atoms with Gasteiger partial charge in [-0.15, -0.1) is 0 Å². The maximum absolute atomic E-state index is 13.4. The molecule has 0 saturated carbocycles. The van der Waals surface area contributed by atoms with E-state index in [-0.39, 0.29) is 18.9 Å². The van der Waals surface area contributed by atoms with Crippen molar-refractivity contribution in [3.8, 4) is 0 Å². The summed E-state index contributed by atoms with van der Waals surface area (Å²) in [4.78, 5) is 13.4. The molecule has 0 aromatic rings. The van der Waals surface area contributed by atoms with E-state index in [0.29, 0.717) is 12.8 Å². The lowest BCUT2D eigenvalue weighted by atomic mass is 9.96. The van der Waals surface area contributed by atoms with Crippen molar-refractivity contribution in [2.24, 2.45) is 0 Å². The first kappa shape index (κ1) is 90.7. The molecule has 0 aromatic carbocycles. The molecule has 3 aliphatic rings. The number of rotatable bonds is 60. The van der Waals surface area contributed by atoms with Gasteiger partial charge in [-0.1, -0.05) is 277 Å². The Balaban J connectivity index is 1.30. The number of aliphatic hydroxyl groups is 11. The van der Waals surface area contributed by atoms with Crippen molar-refractivity contribution < 1.29 is 89.4 Å². The standard InChI is InChI=1S/C81H139NO18/c1-3-5-7-9-11-13-15-17-19-20-21-22-23-24-25-26-27-28-29-30-31-32-33-34-35-36-37-38-39-40-41-42-43-44-45-47-49-51-53-55-57-59-69(87)82-64(65(86)58-56-54-52-50-48-46-18-16-14-12-10-8-6-4-2)63-95-79-75(93)72(90)77(67(61-84)97-79)100-81-76(94)73(91)78(68(62-85)98-81)99-80-74(92)71(89)70(88)66(60-83)96-80/h5,7,11,13,17,19,21-22,24-25,27-28,30-31,48,50,56,58,64-68,70-81,83-86,88-94H,3-4,6,8-10,12,14-16,18,20,23,26,29,32-47,49,51-55,57,59-63H2,1-2H3,(H,82,87)/b7-5-,13-11-,19-17-,22-21-,25-24-,28-27-,31-30-,50-48+,58-56+. The Labute approximate surface area is 602 Å². The van der Waals surface area contributed by atoms with E-state index < -0.39 is 124 Å². The molecule has 0 aliphatic carbocycles. The van der Waals surface area contributed by atoms with E-state index in [1.807, 2.05) is 6.08 Å². The summed E-state index contributed by atoms with van der Waals surface area (Å²) in [6, 6.07) is -0.993. The van der Waals surface area contributed by atoms with Gasteiger partial charge in [-0.3, -0.25) is 4.79 Å². The highest BCUT2D eigenvalue weighted by Gasteiger charge is 2.53. The molecular weight excluding hydrogens is 1270 g/mol. The predicted octanol–water partition coefficient (Wildman–Crippen LogP) is 12.6. The first-order valence-corrected chi connectivity index (χ1v) is 39.1. The van der Waals surface area contributed by atoms with Gasteiger partial charge in [0.1, 0.15) is 73.2 Å². The van der Waals surface area contributed by atoms with Gasteiger partial charge in [0.15, 0.2) is 18.9 Å². The Bertz CT molecular complexity index is 2230. The van der Waals surface area contributed by atoms with E-state index in [1.165, 1.54) is 148 Å². The highest BCUT2D eigenvalue weighted by Crippen LogP contribution is 2.33. The number of amides is 1. The lowest BCUT2D eigenvalue weighted by Crippen LogP contribution is -2.66. The SMILES string of the molecule is CC/C=C\C/C=C\C/C=C\C/C=C\C/C=C\C/C=C\C/C=C\CCCCCCCCCCCCCCCCCCCCCC(=O)NC(COC1OC(CO)C(OC2OC(CO)C(OC3OC(CO)C(O)C(O)C3O)C(O)C2O)C(O)C1O)C(O)/C=C/CC/C=C/CCCCCCCCCC. The molecule has 17 atom stereocenters. The minimum Gasteiger partial charge on any atom is -0.394 e. The van der Waals surface area contributed by atoms with Crippen LogP contribution in [0.25, 0.3) is 0 Å². The zero-order valence-corrected chi connectivity index (χ0v) is 61.4. The van der Waals surface area contributed by atoms with E-state index in [9.17, 15) is 61.0 Å². The van der Waals surface area contributed by atoms with Crippen LogP contribution in [-0.4, -0.2) is 193 Å². The van der Waals surface area contributed by atoms with Crippen LogP contribution in [0.3, 0.4) is 0 Å². The summed E-state index contributed by atoms with van der Waals surface area (Å²) >= 11 is 0. The quantitative estimate of drug-likeness (QED) is 0.0199.